The third-order valence-corrected chi connectivity index (χ3v) is 13.4. The van der Waals surface area contributed by atoms with Crippen LogP contribution in [0.4, 0.5) is 0 Å². The van der Waals surface area contributed by atoms with Crippen LogP contribution in [0.3, 0.4) is 0 Å². The highest BCUT2D eigenvalue weighted by molar-refractivity contribution is 7.05. The van der Waals surface area contributed by atoms with Gasteiger partial charge in [-0.25, -0.2) is 10.4 Å². The maximum Gasteiger partial charge on any atom is 0.324 e. The van der Waals surface area contributed by atoms with E-state index >= 15 is 0 Å². The Balaban J connectivity index is 1.42. The van der Waals surface area contributed by atoms with E-state index in [0.717, 1.165) is 50.5 Å². The van der Waals surface area contributed by atoms with Crippen molar-refractivity contribution >= 4 is 63.8 Å². The molecule has 0 unspecified atom stereocenters. The monoisotopic (exact) mass is 911 g/mol. The van der Waals surface area contributed by atoms with Gasteiger partial charge in [-0.2, -0.15) is 4.37 Å². The molecule has 6 rings (SSSR count). The summed E-state index contributed by atoms with van der Waals surface area (Å²) in [4.78, 5) is 81.8. The number of carbonyl (C=O) groups excluding carboxylic acids is 5. The molecule has 2 saturated heterocycles. The van der Waals surface area contributed by atoms with Crippen molar-refractivity contribution in [2.24, 2.45) is 22.2 Å². The molecule has 350 valence electrons. The Morgan fingerprint density at radius 1 is 1.15 bits per heavy atom. The number of amides is 4. The number of aryl methyl sites for hydroxylation is 1. The molecule has 65 heavy (non-hydrogen) atoms. The van der Waals surface area contributed by atoms with Gasteiger partial charge in [-0.15, -0.1) is 0 Å². The summed E-state index contributed by atoms with van der Waals surface area (Å²) in [5.74, 6) is -2.29. The first-order valence-electron chi connectivity index (χ1n) is 22.6. The zero-order valence-corrected chi connectivity index (χ0v) is 40.1. The van der Waals surface area contributed by atoms with Gasteiger partial charge < -0.3 is 29.2 Å². The molecule has 17 heteroatoms. The third-order valence-electron chi connectivity index (χ3n) is 12.6. The van der Waals surface area contributed by atoms with Gasteiger partial charge in [0.1, 0.15) is 23.1 Å². The van der Waals surface area contributed by atoms with Crippen molar-refractivity contribution in [2.45, 2.75) is 111 Å². The van der Waals surface area contributed by atoms with Gasteiger partial charge in [-0.1, -0.05) is 46.9 Å². The number of methoxy groups -OCH3 is 1. The van der Waals surface area contributed by atoms with Crippen LogP contribution in [0, 0.1) is 17.3 Å². The Morgan fingerprint density at radius 3 is 2.57 bits per heavy atom. The van der Waals surface area contributed by atoms with Crippen LogP contribution in [0.5, 0.6) is 0 Å². The van der Waals surface area contributed by atoms with Gasteiger partial charge in [0.05, 0.1) is 30.0 Å². The molecule has 16 nitrogen and oxygen atoms in total. The number of esters is 1. The second-order valence-electron chi connectivity index (χ2n) is 18.2. The molecule has 1 aromatic carbocycles. The van der Waals surface area contributed by atoms with Crippen LogP contribution < -0.4 is 10.7 Å². The van der Waals surface area contributed by atoms with Crippen LogP contribution in [-0.2, 0) is 52.8 Å². The zero-order valence-electron chi connectivity index (χ0n) is 39.3. The van der Waals surface area contributed by atoms with Crippen molar-refractivity contribution in [3.05, 3.63) is 65.5 Å². The predicted molar refractivity (Wildman–Crippen MR) is 252 cm³/mol. The fourth-order valence-corrected chi connectivity index (χ4v) is 9.98. The Kier molecular flexibility index (Phi) is 15.6. The highest BCUT2D eigenvalue weighted by Crippen LogP contribution is 2.40. The van der Waals surface area contributed by atoms with Gasteiger partial charge in [-0.05, 0) is 93.7 Å². The second kappa shape index (κ2) is 20.8. The standard InChI is InChI=1S/C48H65N9O7S/c1-12-32(40(49-14-3)29(7)63-11)42-34-25-48(8,9)27-64-47(62)35-17-16-21-57(52-35)46(61)36(24-38-51-43(53-65-38)30-18-19-37(33(34)23-30)56(42)15-4)50-44(59)41(28(5)6)54(10)45(60)31-20-22-55(26-31)39(58)13-2/h12-14,18-19,23,28-29,31,35-36,41,52H,1-2,15-17,20-22,24-27H2,3-11H3,(H,50,59)/b40-32+,49-14-/t29-,31-,35-,36-,41-/m0/s1. The molecule has 0 radical (unpaired) electrons. The van der Waals surface area contributed by atoms with Gasteiger partial charge >= 0.3 is 5.97 Å². The molecule has 3 aliphatic rings. The lowest BCUT2D eigenvalue weighted by molar-refractivity contribution is -0.155. The number of benzene rings is 1. The number of ether oxygens (including phenoxy) is 2. The summed E-state index contributed by atoms with van der Waals surface area (Å²) in [5.41, 5.74) is 7.85. The quantitative estimate of drug-likeness (QED) is 0.104. The van der Waals surface area contributed by atoms with E-state index in [2.05, 4.69) is 61.4 Å². The number of carbonyl (C=O) groups is 5. The number of aliphatic imine (C=N–C) groups is 1. The molecule has 0 aliphatic carbocycles. The molecule has 6 bridgehead atoms. The molecule has 4 amide bonds. The van der Waals surface area contributed by atoms with Gasteiger partial charge in [0.15, 0.2) is 5.82 Å². The third kappa shape index (κ3) is 10.5. The molecule has 5 atom stereocenters. The highest BCUT2D eigenvalue weighted by atomic mass is 32.1. The summed E-state index contributed by atoms with van der Waals surface area (Å²) in [6.07, 6.45) is 6.43. The largest absolute Gasteiger partial charge is 0.464 e. The topological polar surface area (TPSA) is 181 Å². The van der Waals surface area contributed by atoms with Gasteiger partial charge in [0.25, 0.3) is 5.91 Å². The normalized spacial score (nSPS) is 21.7. The fraction of sp³-hybridized carbons (Fsp3) is 0.542. The van der Waals surface area contributed by atoms with E-state index in [0.29, 0.717) is 56.1 Å². The van der Waals surface area contributed by atoms with Crippen LogP contribution in [-0.4, -0.2) is 129 Å². The lowest BCUT2D eigenvalue weighted by atomic mass is 9.84. The Labute approximate surface area is 386 Å². The SMILES string of the molecule is C=CC(=O)N1CC[C@H](C(=O)N(C)[C@H](C(=O)N[C@H]2Cc3nc(ns3)-c3ccc4c(c3)c(c(/C(C=C)=C(/N=C\C)[C@H](C)OC)n4CC)CC(C)(C)COC(=O)[C@@H]3CCCN(N3)C2=O)C(C)C)C1. The molecule has 2 fully saturated rings. The number of nitrogens with zero attached hydrogens (tertiary/aromatic N) is 7. The summed E-state index contributed by atoms with van der Waals surface area (Å²) >= 11 is 1.15. The van der Waals surface area contributed by atoms with E-state index in [1.807, 2.05) is 39.8 Å². The van der Waals surface area contributed by atoms with E-state index in [9.17, 15) is 24.0 Å². The maximum atomic E-state index is 14.6. The Hall–Kier alpha value is -5.52. The summed E-state index contributed by atoms with van der Waals surface area (Å²) in [6.45, 7) is 23.2. The van der Waals surface area contributed by atoms with Crippen molar-refractivity contribution in [3.8, 4) is 11.4 Å². The first kappa shape index (κ1) is 48.9. The van der Waals surface area contributed by atoms with E-state index in [4.69, 9.17) is 23.8 Å². The van der Waals surface area contributed by atoms with Crippen LogP contribution in [0.1, 0.15) is 84.0 Å². The summed E-state index contributed by atoms with van der Waals surface area (Å²) in [6, 6.07) is 3.26. The predicted octanol–water partition coefficient (Wildman–Crippen LogP) is 5.37. The average Bonchev–Trinajstić information content (AvgIpc) is 4.05. The smallest absolute Gasteiger partial charge is 0.324 e. The molecule has 2 aromatic heterocycles. The van der Waals surface area contributed by atoms with Crippen LogP contribution in [0.2, 0.25) is 0 Å². The number of likely N-dealkylation sites (tertiary alicyclic amines) is 1. The molecular formula is C48H65N9O7S. The summed E-state index contributed by atoms with van der Waals surface area (Å²) in [7, 11) is 3.24. The van der Waals surface area contributed by atoms with E-state index in [1.54, 1.807) is 25.3 Å². The van der Waals surface area contributed by atoms with Crippen molar-refractivity contribution < 1.29 is 33.4 Å². The number of aromatic nitrogens is 3. The number of fused-ring (bicyclic) bond motifs is 6. The highest BCUT2D eigenvalue weighted by Gasteiger charge is 2.40. The molecule has 3 aliphatic heterocycles. The number of allylic oxidation sites excluding steroid dienone is 2. The summed E-state index contributed by atoms with van der Waals surface area (Å²) in [5, 5.41) is 5.86. The minimum Gasteiger partial charge on any atom is -0.464 e. The lowest BCUT2D eigenvalue weighted by Gasteiger charge is -2.36. The molecule has 0 saturated carbocycles. The van der Waals surface area contributed by atoms with Crippen LogP contribution >= 0.6 is 11.5 Å². The van der Waals surface area contributed by atoms with Crippen molar-refractivity contribution in [2.75, 3.05) is 40.4 Å². The number of likely N-dealkylation sites (N-methyl/N-ethyl adjacent to an activating group) is 1. The molecule has 3 aromatic rings. The molecule has 0 spiro atoms. The zero-order chi connectivity index (χ0) is 47.3. The van der Waals surface area contributed by atoms with E-state index in [-0.39, 0.29) is 43.4 Å². The van der Waals surface area contributed by atoms with Crippen molar-refractivity contribution in [1.29, 1.82) is 0 Å². The number of cyclic esters (lactones) is 1. The minimum absolute atomic E-state index is 0.00317. The number of hydrogen-bond acceptors (Lipinski definition) is 12. The van der Waals surface area contributed by atoms with Crippen LogP contribution in [0.25, 0.3) is 27.9 Å². The number of hydrazine groups is 1. The number of hydrogen-bond donors (Lipinski definition) is 2. The average molecular weight is 912 g/mol. The van der Waals surface area contributed by atoms with Crippen molar-refractivity contribution in [3.63, 3.8) is 0 Å². The van der Waals surface area contributed by atoms with E-state index < -0.39 is 47.2 Å². The summed E-state index contributed by atoms with van der Waals surface area (Å²) < 4.78 is 18.9. The van der Waals surface area contributed by atoms with Gasteiger partial charge in [-0.3, -0.25) is 34.0 Å². The minimum atomic E-state index is -1.13. The van der Waals surface area contributed by atoms with Crippen molar-refractivity contribution in [1.82, 2.24) is 39.5 Å². The fourth-order valence-electron chi connectivity index (χ4n) is 9.27. The first-order valence-corrected chi connectivity index (χ1v) is 23.3. The lowest BCUT2D eigenvalue weighted by Crippen LogP contribution is -2.62. The van der Waals surface area contributed by atoms with Gasteiger partial charge in [0, 0.05) is 80.4 Å². The number of nitrogens with one attached hydrogen (secondary N) is 2. The Morgan fingerprint density at radius 2 is 1.91 bits per heavy atom. The Bertz CT molecular complexity index is 2380. The van der Waals surface area contributed by atoms with Crippen LogP contribution in [0.15, 0.2) is 54.2 Å². The number of rotatable bonds is 12. The molecule has 2 N–H and O–H groups in total. The van der Waals surface area contributed by atoms with Gasteiger partial charge in [0.2, 0.25) is 17.7 Å². The second-order valence-corrected chi connectivity index (χ2v) is 19.1. The molecule has 5 heterocycles. The maximum absolute atomic E-state index is 14.6. The van der Waals surface area contributed by atoms with E-state index in [1.165, 1.54) is 16.0 Å². The first-order chi connectivity index (χ1) is 31.0. The molecular weight excluding hydrogens is 847 g/mol.